The first kappa shape index (κ1) is 26.7. The summed E-state index contributed by atoms with van der Waals surface area (Å²) < 4.78 is 0. The highest BCUT2D eigenvalue weighted by Crippen LogP contribution is 2.39. The van der Waals surface area contributed by atoms with Crippen LogP contribution in [0.4, 0.5) is 17.1 Å². The Hall–Kier alpha value is -5.92. The molecule has 45 heavy (non-hydrogen) atoms. The number of nitrogens with zero attached hydrogens (tertiary/aromatic N) is 1. The van der Waals surface area contributed by atoms with E-state index in [9.17, 15) is 0 Å². The zero-order valence-electron chi connectivity index (χ0n) is 24.8. The number of hydrogen-bond donors (Lipinski definition) is 0. The van der Waals surface area contributed by atoms with Gasteiger partial charge in [0, 0.05) is 17.1 Å². The lowest BCUT2D eigenvalue weighted by atomic mass is 9.96. The molecule has 0 amide bonds. The number of rotatable bonds is 6. The minimum atomic E-state index is 1.12. The van der Waals surface area contributed by atoms with Gasteiger partial charge >= 0.3 is 0 Å². The molecule has 0 spiro atoms. The van der Waals surface area contributed by atoms with Crippen molar-refractivity contribution in [2.24, 2.45) is 0 Å². The highest BCUT2D eigenvalue weighted by atomic mass is 15.1. The molecule has 8 aromatic carbocycles. The van der Waals surface area contributed by atoms with Crippen LogP contribution in [0, 0.1) is 0 Å². The van der Waals surface area contributed by atoms with Crippen molar-refractivity contribution < 1.29 is 0 Å². The van der Waals surface area contributed by atoms with Gasteiger partial charge < -0.3 is 4.90 Å². The molecule has 0 heterocycles. The molecule has 0 saturated carbocycles. The molecule has 0 bridgehead atoms. The van der Waals surface area contributed by atoms with E-state index in [1.165, 1.54) is 54.9 Å². The van der Waals surface area contributed by atoms with Crippen LogP contribution < -0.4 is 4.90 Å². The Morgan fingerprint density at radius 1 is 0.267 bits per heavy atom. The minimum Gasteiger partial charge on any atom is -0.310 e. The van der Waals surface area contributed by atoms with Crippen molar-refractivity contribution >= 4 is 38.6 Å². The SMILES string of the molecule is c1ccc(-c2ccc(N(c3ccc(-c4ccccc4)cc3)c3ccc4ccc(-c5cccc6ccccc56)cc4c3)cc2)cc1. The number of hydrogen-bond acceptors (Lipinski definition) is 1. The Morgan fingerprint density at radius 2 is 0.756 bits per heavy atom. The highest BCUT2D eigenvalue weighted by Gasteiger charge is 2.15. The molecule has 0 atom stereocenters. The van der Waals surface area contributed by atoms with Crippen molar-refractivity contribution in [1.82, 2.24) is 0 Å². The van der Waals surface area contributed by atoms with Crippen LogP contribution in [0.25, 0.3) is 54.9 Å². The lowest BCUT2D eigenvalue weighted by Crippen LogP contribution is -2.09. The molecule has 0 radical (unpaired) electrons. The molecular weight excluding hydrogens is 542 g/mol. The molecule has 212 valence electrons. The van der Waals surface area contributed by atoms with Gasteiger partial charge in [-0.3, -0.25) is 0 Å². The monoisotopic (exact) mass is 573 g/mol. The molecule has 0 aliphatic carbocycles. The van der Waals surface area contributed by atoms with E-state index in [1.807, 2.05) is 0 Å². The molecule has 1 heteroatoms. The van der Waals surface area contributed by atoms with Crippen LogP contribution in [-0.4, -0.2) is 0 Å². The molecule has 0 aromatic heterocycles. The van der Waals surface area contributed by atoms with E-state index in [1.54, 1.807) is 0 Å². The average molecular weight is 574 g/mol. The molecule has 0 aliphatic rings. The van der Waals surface area contributed by atoms with Gasteiger partial charge in [0.1, 0.15) is 0 Å². The normalized spacial score (nSPS) is 11.1. The van der Waals surface area contributed by atoms with E-state index in [-0.39, 0.29) is 0 Å². The van der Waals surface area contributed by atoms with Gasteiger partial charge in [0.2, 0.25) is 0 Å². The third-order valence-corrected chi connectivity index (χ3v) is 8.65. The van der Waals surface area contributed by atoms with E-state index in [4.69, 9.17) is 0 Å². The predicted molar refractivity (Wildman–Crippen MR) is 192 cm³/mol. The van der Waals surface area contributed by atoms with Crippen molar-refractivity contribution in [1.29, 1.82) is 0 Å². The fourth-order valence-corrected chi connectivity index (χ4v) is 6.33. The maximum Gasteiger partial charge on any atom is 0.0468 e. The topological polar surface area (TPSA) is 3.24 Å². The quantitative estimate of drug-likeness (QED) is 0.191. The second kappa shape index (κ2) is 11.6. The van der Waals surface area contributed by atoms with Crippen LogP contribution in [0.3, 0.4) is 0 Å². The largest absolute Gasteiger partial charge is 0.310 e. The van der Waals surface area contributed by atoms with Gasteiger partial charge in [-0.1, -0.05) is 146 Å². The Bertz CT molecular complexity index is 2150. The standard InChI is InChI=1S/C44H31N/c1-3-10-32(11-4-1)34-20-25-40(26-21-34)45(41-27-22-35(23-28-41)33-12-5-2-6-13-33)42-29-24-36-18-19-38(30-39(36)31-42)44-17-9-15-37-14-7-8-16-43(37)44/h1-31H. The Balaban J connectivity index is 1.24. The number of fused-ring (bicyclic) bond motifs is 2. The summed E-state index contributed by atoms with van der Waals surface area (Å²) in [6.07, 6.45) is 0. The molecule has 0 saturated heterocycles. The van der Waals surface area contributed by atoms with Gasteiger partial charge in [0.15, 0.2) is 0 Å². The van der Waals surface area contributed by atoms with Crippen molar-refractivity contribution in [3.05, 3.63) is 188 Å². The molecule has 0 N–H and O–H groups in total. The molecule has 1 nitrogen and oxygen atoms in total. The average Bonchev–Trinajstić information content (AvgIpc) is 3.12. The van der Waals surface area contributed by atoms with Gasteiger partial charge in [-0.05, 0) is 97.4 Å². The molecule has 0 fully saturated rings. The van der Waals surface area contributed by atoms with Crippen molar-refractivity contribution in [3.8, 4) is 33.4 Å². The third kappa shape index (κ3) is 5.26. The Labute approximate surface area is 264 Å². The van der Waals surface area contributed by atoms with Crippen LogP contribution in [-0.2, 0) is 0 Å². The van der Waals surface area contributed by atoms with Crippen molar-refractivity contribution in [2.75, 3.05) is 4.90 Å². The molecule has 8 rings (SSSR count). The number of benzene rings is 8. The van der Waals surface area contributed by atoms with E-state index >= 15 is 0 Å². The van der Waals surface area contributed by atoms with Gasteiger partial charge in [-0.15, -0.1) is 0 Å². The molecule has 0 aliphatic heterocycles. The number of anilines is 3. The Kier molecular flexibility index (Phi) is 6.90. The smallest absolute Gasteiger partial charge is 0.0468 e. The summed E-state index contributed by atoms with van der Waals surface area (Å²) in [6.45, 7) is 0. The fourth-order valence-electron chi connectivity index (χ4n) is 6.33. The van der Waals surface area contributed by atoms with Crippen LogP contribution in [0.5, 0.6) is 0 Å². The molecule has 8 aromatic rings. The van der Waals surface area contributed by atoms with Crippen LogP contribution in [0.15, 0.2) is 188 Å². The third-order valence-electron chi connectivity index (χ3n) is 8.65. The van der Waals surface area contributed by atoms with Crippen LogP contribution >= 0.6 is 0 Å². The zero-order valence-corrected chi connectivity index (χ0v) is 24.8. The van der Waals surface area contributed by atoms with E-state index in [0.29, 0.717) is 0 Å². The van der Waals surface area contributed by atoms with Crippen LogP contribution in [0.1, 0.15) is 0 Å². The maximum absolute atomic E-state index is 2.35. The lowest BCUT2D eigenvalue weighted by Gasteiger charge is -2.26. The first-order valence-corrected chi connectivity index (χ1v) is 15.4. The van der Waals surface area contributed by atoms with Crippen molar-refractivity contribution in [2.45, 2.75) is 0 Å². The van der Waals surface area contributed by atoms with Gasteiger partial charge in [-0.25, -0.2) is 0 Å². The zero-order chi connectivity index (χ0) is 30.0. The fraction of sp³-hybridized carbons (Fsp3) is 0. The van der Waals surface area contributed by atoms with Gasteiger partial charge in [-0.2, -0.15) is 0 Å². The van der Waals surface area contributed by atoms with E-state index < -0.39 is 0 Å². The second-order valence-corrected chi connectivity index (χ2v) is 11.4. The Morgan fingerprint density at radius 3 is 1.40 bits per heavy atom. The first-order chi connectivity index (χ1) is 22.3. The minimum absolute atomic E-state index is 1.12. The summed E-state index contributed by atoms with van der Waals surface area (Å²) in [4.78, 5) is 2.35. The van der Waals surface area contributed by atoms with Gasteiger partial charge in [0.05, 0.1) is 0 Å². The molecule has 0 unspecified atom stereocenters. The van der Waals surface area contributed by atoms with Crippen LogP contribution in [0.2, 0.25) is 0 Å². The maximum atomic E-state index is 2.35. The van der Waals surface area contributed by atoms with E-state index in [2.05, 4.69) is 193 Å². The van der Waals surface area contributed by atoms with Crippen molar-refractivity contribution in [3.63, 3.8) is 0 Å². The lowest BCUT2D eigenvalue weighted by molar-refractivity contribution is 1.29. The van der Waals surface area contributed by atoms with E-state index in [0.717, 1.165) is 17.1 Å². The first-order valence-electron chi connectivity index (χ1n) is 15.4. The van der Waals surface area contributed by atoms with Gasteiger partial charge in [0.25, 0.3) is 0 Å². The predicted octanol–water partition coefficient (Wildman–Crippen LogP) is 12.5. The second-order valence-electron chi connectivity index (χ2n) is 11.4. The summed E-state index contributed by atoms with van der Waals surface area (Å²) >= 11 is 0. The summed E-state index contributed by atoms with van der Waals surface area (Å²) in [5.41, 5.74) is 10.7. The summed E-state index contributed by atoms with van der Waals surface area (Å²) in [5.74, 6) is 0. The molecular formula is C44H31N. The highest BCUT2D eigenvalue weighted by molar-refractivity contribution is 6.00. The summed E-state index contributed by atoms with van der Waals surface area (Å²) in [7, 11) is 0. The summed E-state index contributed by atoms with van der Waals surface area (Å²) in [5, 5.41) is 4.97. The summed E-state index contributed by atoms with van der Waals surface area (Å²) in [6, 6.07) is 67.7.